The molecule has 0 unspecified atom stereocenters. The lowest BCUT2D eigenvalue weighted by molar-refractivity contribution is -0.142. The van der Waals surface area contributed by atoms with E-state index >= 15 is 0 Å². The van der Waals surface area contributed by atoms with Crippen LogP contribution in [0, 0.1) is 0 Å². The number of hydrogen-bond acceptors (Lipinski definition) is 7. The largest absolute Gasteiger partial charge is 0.490 e. The number of anilines is 1. The molecule has 170 valence electrons. The number of hydrogen-bond donors (Lipinski definition) is 1. The number of amides is 1. The van der Waals surface area contributed by atoms with Crippen molar-refractivity contribution in [3.8, 4) is 11.5 Å². The van der Waals surface area contributed by atoms with Crippen molar-refractivity contribution in [3.63, 3.8) is 0 Å². The monoisotopic (exact) mass is 503 g/mol. The third kappa shape index (κ3) is 6.23. The van der Waals surface area contributed by atoms with Gasteiger partial charge in [-0.3, -0.25) is 4.79 Å². The van der Waals surface area contributed by atoms with Crippen LogP contribution in [-0.2, 0) is 9.53 Å². The summed E-state index contributed by atoms with van der Waals surface area (Å²) >= 11 is 3.45. The minimum atomic E-state index is -0.495. The van der Waals surface area contributed by atoms with Gasteiger partial charge < -0.3 is 19.1 Å². The van der Waals surface area contributed by atoms with Crippen molar-refractivity contribution in [2.75, 3.05) is 38.3 Å². The van der Waals surface area contributed by atoms with Gasteiger partial charge in [-0.05, 0) is 72.1 Å². The van der Waals surface area contributed by atoms with Gasteiger partial charge in [-0.1, -0.05) is 0 Å². The van der Waals surface area contributed by atoms with Crippen LogP contribution in [0.1, 0.15) is 35.7 Å². The van der Waals surface area contributed by atoms with Gasteiger partial charge in [-0.25, -0.2) is 10.2 Å². The van der Waals surface area contributed by atoms with Crippen molar-refractivity contribution < 1.29 is 23.8 Å². The van der Waals surface area contributed by atoms with Crippen LogP contribution in [0.2, 0.25) is 0 Å². The summed E-state index contributed by atoms with van der Waals surface area (Å²) in [5.74, 6) is 0.0482. The van der Waals surface area contributed by atoms with Crippen LogP contribution in [0.3, 0.4) is 0 Å². The van der Waals surface area contributed by atoms with E-state index in [9.17, 15) is 9.59 Å². The predicted octanol–water partition coefficient (Wildman–Crippen LogP) is 3.76. The zero-order chi connectivity index (χ0) is 22.9. The molecular formula is C23H26BrN3O5. The van der Waals surface area contributed by atoms with E-state index in [2.05, 4.69) is 36.1 Å². The SMILES string of the molecule is CCOc1cc(/C=N\NC(=O)c2ccc(N3CCCC3)cc2)c(Br)cc1OCC(=O)OC. The zero-order valence-electron chi connectivity index (χ0n) is 18.1. The topological polar surface area (TPSA) is 89.5 Å². The third-order valence-corrected chi connectivity index (χ3v) is 5.59. The minimum Gasteiger partial charge on any atom is -0.490 e. The lowest BCUT2D eigenvalue weighted by Crippen LogP contribution is -2.19. The molecule has 2 aromatic carbocycles. The van der Waals surface area contributed by atoms with E-state index in [1.54, 1.807) is 24.3 Å². The first-order chi connectivity index (χ1) is 15.5. The van der Waals surface area contributed by atoms with Gasteiger partial charge in [-0.2, -0.15) is 5.10 Å². The standard InChI is InChI=1S/C23H26BrN3O5/c1-3-31-20-12-17(19(24)13-21(20)32-15-22(28)30-2)14-25-26-23(29)16-6-8-18(9-7-16)27-10-4-5-11-27/h6-9,12-14H,3-5,10-11,15H2,1-2H3,(H,26,29)/b25-14-. The smallest absolute Gasteiger partial charge is 0.343 e. The molecule has 0 saturated carbocycles. The van der Waals surface area contributed by atoms with Crippen LogP contribution in [0.15, 0.2) is 46.0 Å². The molecule has 1 saturated heterocycles. The van der Waals surface area contributed by atoms with E-state index in [-0.39, 0.29) is 12.5 Å². The molecule has 0 radical (unpaired) electrons. The first-order valence-corrected chi connectivity index (χ1v) is 11.2. The molecule has 32 heavy (non-hydrogen) atoms. The molecular weight excluding hydrogens is 478 g/mol. The molecule has 3 rings (SSSR count). The molecule has 0 aliphatic carbocycles. The number of nitrogens with one attached hydrogen (secondary N) is 1. The summed E-state index contributed by atoms with van der Waals surface area (Å²) in [6.45, 7) is 4.14. The van der Waals surface area contributed by atoms with Crippen LogP contribution < -0.4 is 19.8 Å². The summed E-state index contributed by atoms with van der Waals surface area (Å²) in [6, 6.07) is 10.9. The molecule has 1 N–H and O–H groups in total. The Labute approximate surface area is 195 Å². The van der Waals surface area contributed by atoms with E-state index in [4.69, 9.17) is 9.47 Å². The van der Waals surface area contributed by atoms with E-state index in [0.29, 0.717) is 33.7 Å². The number of rotatable bonds is 9. The van der Waals surface area contributed by atoms with Crippen LogP contribution in [-0.4, -0.2) is 51.5 Å². The maximum atomic E-state index is 12.4. The molecule has 8 nitrogen and oxygen atoms in total. The van der Waals surface area contributed by atoms with Gasteiger partial charge in [0, 0.05) is 34.4 Å². The molecule has 0 bridgehead atoms. The highest BCUT2D eigenvalue weighted by Crippen LogP contribution is 2.33. The first kappa shape index (κ1) is 23.6. The van der Waals surface area contributed by atoms with Crippen LogP contribution in [0.4, 0.5) is 5.69 Å². The number of nitrogens with zero attached hydrogens (tertiary/aromatic N) is 2. The quantitative estimate of drug-likeness (QED) is 0.318. The van der Waals surface area contributed by atoms with Crippen molar-refractivity contribution >= 4 is 39.7 Å². The van der Waals surface area contributed by atoms with Crippen molar-refractivity contribution in [3.05, 3.63) is 52.0 Å². The number of esters is 1. The number of hydrazone groups is 1. The molecule has 1 fully saturated rings. The minimum absolute atomic E-state index is 0.233. The fraction of sp³-hybridized carbons (Fsp3) is 0.348. The maximum absolute atomic E-state index is 12.4. The molecule has 0 atom stereocenters. The summed E-state index contributed by atoms with van der Waals surface area (Å²) < 4.78 is 16.3. The molecule has 1 heterocycles. The van der Waals surface area contributed by atoms with E-state index in [0.717, 1.165) is 18.8 Å². The molecule has 9 heteroatoms. The number of ether oxygens (including phenoxy) is 3. The van der Waals surface area contributed by atoms with Crippen molar-refractivity contribution in [1.82, 2.24) is 5.43 Å². The molecule has 1 aliphatic rings. The van der Waals surface area contributed by atoms with Gasteiger partial charge in [0.2, 0.25) is 0 Å². The van der Waals surface area contributed by atoms with Gasteiger partial charge in [-0.15, -0.1) is 0 Å². The van der Waals surface area contributed by atoms with E-state index in [1.165, 1.54) is 26.2 Å². The third-order valence-electron chi connectivity index (χ3n) is 4.91. The Kier molecular flexibility index (Phi) is 8.49. The van der Waals surface area contributed by atoms with Gasteiger partial charge >= 0.3 is 5.97 Å². The number of halogens is 1. The number of carbonyl (C=O) groups is 2. The Morgan fingerprint density at radius 2 is 1.81 bits per heavy atom. The Balaban J connectivity index is 1.65. The molecule has 1 amide bonds. The Bertz CT molecular complexity index is 972. The number of methoxy groups -OCH3 is 1. The molecule has 0 spiro atoms. The lowest BCUT2D eigenvalue weighted by atomic mass is 10.2. The second-order valence-electron chi connectivity index (χ2n) is 7.06. The van der Waals surface area contributed by atoms with Gasteiger partial charge in [0.15, 0.2) is 18.1 Å². The Morgan fingerprint density at radius 3 is 2.47 bits per heavy atom. The highest BCUT2D eigenvalue weighted by atomic mass is 79.9. The Morgan fingerprint density at radius 1 is 1.12 bits per heavy atom. The fourth-order valence-corrected chi connectivity index (χ4v) is 3.68. The summed E-state index contributed by atoms with van der Waals surface area (Å²) in [5, 5.41) is 4.06. The van der Waals surface area contributed by atoms with E-state index < -0.39 is 5.97 Å². The summed E-state index contributed by atoms with van der Waals surface area (Å²) in [5.41, 5.74) is 4.87. The zero-order valence-corrected chi connectivity index (χ0v) is 19.7. The van der Waals surface area contributed by atoms with Gasteiger partial charge in [0.1, 0.15) is 0 Å². The molecule has 0 aromatic heterocycles. The summed E-state index contributed by atoms with van der Waals surface area (Å²) in [7, 11) is 1.29. The van der Waals surface area contributed by atoms with Crippen molar-refractivity contribution in [2.24, 2.45) is 5.10 Å². The molecule has 1 aliphatic heterocycles. The highest BCUT2D eigenvalue weighted by Gasteiger charge is 2.14. The summed E-state index contributed by atoms with van der Waals surface area (Å²) in [6.07, 6.45) is 3.92. The van der Waals surface area contributed by atoms with E-state index in [1.807, 2.05) is 19.1 Å². The van der Waals surface area contributed by atoms with Crippen LogP contribution in [0.25, 0.3) is 0 Å². The van der Waals surface area contributed by atoms with Crippen molar-refractivity contribution in [2.45, 2.75) is 19.8 Å². The lowest BCUT2D eigenvalue weighted by Gasteiger charge is -2.17. The maximum Gasteiger partial charge on any atom is 0.343 e. The normalized spacial score (nSPS) is 13.3. The van der Waals surface area contributed by atoms with Crippen LogP contribution >= 0.6 is 15.9 Å². The average molecular weight is 504 g/mol. The second kappa shape index (κ2) is 11.5. The number of carbonyl (C=O) groups excluding carboxylic acids is 2. The number of benzene rings is 2. The average Bonchev–Trinajstić information content (AvgIpc) is 3.34. The Hall–Kier alpha value is -3.07. The summed E-state index contributed by atoms with van der Waals surface area (Å²) in [4.78, 5) is 26.1. The van der Waals surface area contributed by atoms with Crippen molar-refractivity contribution in [1.29, 1.82) is 0 Å². The second-order valence-corrected chi connectivity index (χ2v) is 7.91. The predicted molar refractivity (Wildman–Crippen MR) is 126 cm³/mol. The molecule has 2 aromatic rings. The fourth-order valence-electron chi connectivity index (χ4n) is 3.25. The van der Waals surface area contributed by atoms with Crippen LogP contribution in [0.5, 0.6) is 11.5 Å². The van der Waals surface area contributed by atoms with Gasteiger partial charge in [0.05, 0.1) is 19.9 Å². The van der Waals surface area contributed by atoms with Gasteiger partial charge in [0.25, 0.3) is 5.91 Å². The first-order valence-electron chi connectivity index (χ1n) is 10.4. The highest BCUT2D eigenvalue weighted by molar-refractivity contribution is 9.10.